The number of ether oxygens (including phenoxy) is 2. The number of amides is 2. The molecular weight excluding hydrogens is 510 g/mol. The molecule has 11 heteroatoms. The number of aromatic nitrogens is 4. The second kappa shape index (κ2) is 12.3. The predicted molar refractivity (Wildman–Crippen MR) is 150 cm³/mol. The Labute approximate surface area is 231 Å². The molecule has 0 bridgehead atoms. The third-order valence-electron chi connectivity index (χ3n) is 6.39. The van der Waals surface area contributed by atoms with E-state index in [-0.39, 0.29) is 24.5 Å². The molecule has 5 rings (SSSR count). The van der Waals surface area contributed by atoms with Gasteiger partial charge in [0.05, 0.1) is 0 Å². The first-order valence-corrected chi connectivity index (χ1v) is 12.9. The average molecular weight is 540 g/mol. The van der Waals surface area contributed by atoms with Crippen molar-refractivity contribution in [1.29, 1.82) is 0 Å². The van der Waals surface area contributed by atoms with Crippen LogP contribution in [0.25, 0.3) is 11.0 Å². The summed E-state index contributed by atoms with van der Waals surface area (Å²) < 4.78 is 11.1. The average Bonchev–Trinajstić information content (AvgIpc) is 3.37. The first-order chi connectivity index (χ1) is 19.5. The Morgan fingerprint density at radius 3 is 2.77 bits per heavy atom. The van der Waals surface area contributed by atoms with Gasteiger partial charge in [0.15, 0.2) is 11.5 Å². The predicted octanol–water partition coefficient (Wildman–Crippen LogP) is 3.76. The van der Waals surface area contributed by atoms with E-state index in [1.165, 1.54) is 0 Å². The number of hydrogen-bond donors (Lipinski definition) is 3. The highest BCUT2D eigenvalue weighted by molar-refractivity contribution is 6.03. The molecule has 3 aromatic heterocycles. The number of anilines is 2. The van der Waals surface area contributed by atoms with Gasteiger partial charge in [-0.05, 0) is 67.6 Å². The van der Waals surface area contributed by atoms with E-state index >= 15 is 0 Å². The standard InChI is InChI=1S/C29H29N7O4/c1-19-11-13-30-24(17-19)33-29(38)20-7-9-22(10-8-20)40-23-12-14-31-27-26(23)28(35-34-27)32-21-5-3-15-36(18-21)25(37)6-4-16-39-2/h7-14,17,21H,3,5,15-16,18H2,1-2H3,(H,30,33,38)(H2,31,32,34,35). The van der Waals surface area contributed by atoms with Gasteiger partial charge in [-0.15, -0.1) is 0 Å². The van der Waals surface area contributed by atoms with Crippen LogP contribution in [0, 0.1) is 18.8 Å². The van der Waals surface area contributed by atoms with Crippen LogP contribution in [0.2, 0.25) is 0 Å². The van der Waals surface area contributed by atoms with Gasteiger partial charge in [0, 0.05) is 50.3 Å². The number of pyridine rings is 2. The van der Waals surface area contributed by atoms with Gasteiger partial charge < -0.3 is 25.0 Å². The monoisotopic (exact) mass is 539 g/mol. The van der Waals surface area contributed by atoms with E-state index in [4.69, 9.17) is 9.47 Å². The molecule has 11 nitrogen and oxygen atoms in total. The van der Waals surface area contributed by atoms with Gasteiger partial charge in [-0.2, -0.15) is 5.10 Å². The minimum atomic E-state index is -0.262. The first kappa shape index (κ1) is 26.6. The Kier molecular flexibility index (Phi) is 8.18. The van der Waals surface area contributed by atoms with Crippen molar-refractivity contribution in [2.24, 2.45) is 0 Å². The Morgan fingerprint density at radius 2 is 1.98 bits per heavy atom. The molecule has 40 heavy (non-hydrogen) atoms. The van der Waals surface area contributed by atoms with E-state index < -0.39 is 0 Å². The van der Waals surface area contributed by atoms with Crippen LogP contribution in [0.4, 0.5) is 11.6 Å². The quantitative estimate of drug-likeness (QED) is 0.302. The van der Waals surface area contributed by atoms with Crippen LogP contribution in [-0.4, -0.2) is 69.7 Å². The number of rotatable bonds is 7. The molecule has 1 atom stereocenters. The lowest BCUT2D eigenvalue weighted by molar-refractivity contribution is -0.126. The van der Waals surface area contributed by atoms with Crippen LogP contribution in [0.3, 0.4) is 0 Å². The van der Waals surface area contributed by atoms with Crippen LogP contribution in [0.1, 0.15) is 28.8 Å². The summed E-state index contributed by atoms with van der Waals surface area (Å²) in [6.07, 6.45) is 5.01. The Morgan fingerprint density at radius 1 is 1.15 bits per heavy atom. The van der Waals surface area contributed by atoms with Gasteiger partial charge in [0.1, 0.15) is 29.3 Å². The number of nitrogens with zero attached hydrogens (tertiary/aromatic N) is 4. The van der Waals surface area contributed by atoms with Crippen molar-refractivity contribution >= 4 is 34.5 Å². The highest BCUT2D eigenvalue weighted by atomic mass is 16.5. The number of H-pyrrole nitrogens is 1. The fourth-order valence-corrected chi connectivity index (χ4v) is 4.44. The second-order valence-electron chi connectivity index (χ2n) is 9.37. The van der Waals surface area contributed by atoms with E-state index in [0.717, 1.165) is 18.4 Å². The number of benzene rings is 1. The molecule has 0 aliphatic carbocycles. The van der Waals surface area contributed by atoms with Crippen molar-refractivity contribution in [3.05, 3.63) is 66.0 Å². The molecule has 4 heterocycles. The summed E-state index contributed by atoms with van der Waals surface area (Å²) in [5.74, 6) is 7.05. The third kappa shape index (κ3) is 6.36. The smallest absolute Gasteiger partial charge is 0.298 e. The molecule has 1 aliphatic heterocycles. The zero-order valence-electron chi connectivity index (χ0n) is 22.2. The summed E-state index contributed by atoms with van der Waals surface area (Å²) in [6.45, 7) is 3.32. The lowest BCUT2D eigenvalue weighted by atomic mass is 10.1. The maximum atomic E-state index is 12.6. The largest absolute Gasteiger partial charge is 0.456 e. The van der Waals surface area contributed by atoms with Crippen LogP contribution < -0.4 is 15.4 Å². The zero-order chi connectivity index (χ0) is 27.9. The van der Waals surface area contributed by atoms with Gasteiger partial charge >= 0.3 is 0 Å². The molecule has 1 aliphatic rings. The van der Waals surface area contributed by atoms with Crippen LogP contribution in [0.15, 0.2) is 54.9 Å². The Balaban J connectivity index is 1.28. The van der Waals surface area contributed by atoms with Gasteiger partial charge in [0.25, 0.3) is 11.8 Å². The molecule has 0 radical (unpaired) electrons. The van der Waals surface area contributed by atoms with Gasteiger partial charge in [0.2, 0.25) is 0 Å². The summed E-state index contributed by atoms with van der Waals surface area (Å²) in [5, 5.41) is 14.3. The Hall–Kier alpha value is -4.95. The molecule has 4 aromatic rings. The number of hydrogen-bond acceptors (Lipinski definition) is 8. The summed E-state index contributed by atoms with van der Waals surface area (Å²) in [4.78, 5) is 35.4. The molecule has 204 valence electrons. The number of aromatic amines is 1. The zero-order valence-corrected chi connectivity index (χ0v) is 22.2. The summed E-state index contributed by atoms with van der Waals surface area (Å²) in [6, 6.07) is 12.3. The molecule has 0 saturated carbocycles. The van der Waals surface area contributed by atoms with Gasteiger partial charge in [-0.25, -0.2) is 9.97 Å². The molecule has 0 spiro atoms. The molecule has 1 aromatic carbocycles. The lowest BCUT2D eigenvalue weighted by Crippen LogP contribution is -2.44. The minimum absolute atomic E-state index is 0.0119. The highest BCUT2D eigenvalue weighted by Gasteiger charge is 2.25. The SMILES string of the molecule is COCC#CC(=O)N1CCCC(Nc2n[nH]c3nccc(Oc4ccc(C(=O)Nc5cc(C)ccn5)cc4)c23)C1. The second-order valence-corrected chi connectivity index (χ2v) is 9.37. The molecule has 1 saturated heterocycles. The van der Waals surface area contributed by atoms with Crippen LogP contribution >= 0.6 is 0 Å². The first-order valence-electron chi connectivity index (χ1n) is 12.9. The van der Waals surface area contributed by atoms with Crippen LogP contribution in [-0.2, 0) is 9.53 Å². The van der Waals surface area contributed by atoms with Crippen LogP contribution in [0.5, 0.6) is 11.5 Å². The van der Waals surface area contributed by atoms with E-state index in [2.05, 4.69) is 42.6 Å². The van der Waals surface area contributed by atoms with Crippen molar-refractivity contribution in [2.75, 3.05) is 37.4 Å². The normalized spacial score (nSPS) is 14.8. The summed E-state index contributed by atoms with van der Waals surface area (Å²) >= 11 is 0. The van der Waals surface area contributed by atoms with Crippen molar-refractivity contribution in [1.82, 2.24) is 25.1 Å². The number of carbonyl (C=O) groups is 2. The maximum absolute atomic E-state index is 12.6. The van der Waals surface area contributed by atoms with Gasteiger partial charge in [-0.1, -0.05) is 5.92 Å². The highest BCUT2D eigenvalue weighted by Crippen LogP contribution is 2.33. The fourth-order valence-electron chi connectivity index (χ4n) is 4.44. The third-order valence-corrected chi connectivity index (χ3v) is 6.39. The molecule has 2 amide bonds. The van der Waals surface area contributed by atoms with E-state index in [1.807, 2.05) is 13.0 Å². The summed E-state index contributed by atoms with van der Waals surface area (Å²) in [5.41, 5.74) is 2.05. The number of nitrogens with one attached hydrogen (secondary N) is 3. The molecule has 1 unspecified atom stereocenters. The van der Waals surface area contributed by atoms with E-state index in [0.29, 0.717) is 52.8 Å². The van der Waals surface area contributed by atoms with Crippen molar-refractivity contribution in [2.45, 2.75) is 25.8 Å². The number of fused-ring (bicyclic) bond motifs is 1. The summed E-state index contributed by atoms with van der Waals surface area (Å²) in [7, 11) is 1.54. The Bertz CT molecular complexity index is 1570. The molecule has 1 fully saturated rings. The number of piperidine rings is 1. The fraction of sp³-hybridized carbons (Fsp3) is 0.276. The van der Waals surface area contributed by atoms with E-state index in [1.54, 1.807) is 60.8 Å². The molecular formula is C29H29N7O4. The van der Waals surface area contributed by atoms with Crippen molar-refractivity contribution < 1.29 is 19.1 Å². The van der Waals surface area contributed by atoms with Gasteiger partial charge in [-0.3, -0.25) is 14.7 Å². The number of aryl methyl sites for hydroxylation is 1. The number of likely N-dealkylation sites (tertiary alicyclic amines) is 1. The lowest BCUT2D eigenvalue weighted by Gasteiger charge is -2.32. The topological polar surface area (TPSA) is 134 Å². The molecule has 3 N–H and O–H groups in total. The van der Waals surface area contributed by atoms with Crippen molar-refractivity contribution in [3.63, 3.8) is 0 Å². The maximum Gasteiger partial charge on any atom is 0.298 e. The minimum Gasteiger partial charge on any atom is -0.456 e. The number of carbonyl (C=O) groups excluding carboxylic acids is 2. The van der Waals surface area contributed by atoms with E-state index in [9.17, 15) is 9.59 Å². The number of methoxy groups -OCH3 is 1. The van der Waals surface area contributed by atoms with Crippen molar-refractivity contribution in [3.8, 4) is 23.3 Å².